The van der Waals surface area contributed by atoms with Crippen LogP contribution in [0.2, 0.25) is 0 Å². The summed E-state index contributed by atoms with van der Waals surface area (Å²) in [5.41, 5.74) is 3.00. The van der Waals surface area contributed by atoms with E-state index in [2.05, 4.69) is 43.4 Å². The van der Waals surface area contributed by atoms with Gasteiger partial charge in [-0.3, -0.25) is 0 Å². The maximum absolute atomic E-state index is 9.16. The molecule has 0 spiro atoms. The van der Waals surface area contributed by atoms with Gasteiger partial charge in [-0.25, -0.2) is 0 Å². The van der Waals surface area contributed by atoms with Crippen LogP contribution >= 0.6 is 0 Å². The molecule has 1 aliphatic rings. The molecule has 0 heterocycles. The van der Waals surface area contributed by atoms with E-state index < -0.39 is 0 Å². The summed E-state index contributed by atoms with van der Waals surface area (Å²) in [6, 6.07) is 9.35. The van der Waals surface area contributed by atoms with Crippen LogP contribution in [0.5, 0.6) is 0 Å². The summed E-state index contributed by atoms with van der Waals surface area (Å²) in [6.07, 6.45) is 4.44. The largest absolute Gasteiger partial charge is 0.396 e. The molecule has 0 saturated heterocycles. The number of rotatable bonds is 7. The van der Waals surface area contributed by atoms with E-state index in [1.807, 2.05) is 0 Å². The number of fused-ring (bicyclic) bond motifs is 1. The monoisotopic (exact) mass is 261 g/mol. The zero-order chi connectivity index (χ0) is 13.7. The fourth-order valence-corrected chi connectivity index (χ4v) is 3.19. The van der Waals surface area contributed by atoms with Crippen molar-refractivity contribution in [3.05, 3.63) is 35.4 Å². The normalized spacial score (nSPS) is 16.8. The van der Waals surface area contributed by atoms with Crippen molar-refractivity contribution in [2.24, 2.45) is 11.8 Å². The first-order chi connectivity index (χ1) is 9.19. The minimum Gasteiger partial charge on any atom is -0.396 e. The molecular weight excluding hydrogens is 234 g/mol. The number of aliphatic hydroxyl groups is 1. The molecule has 0 aromatic heterocycles. The van der Waals surface area contributed by atoms with Crippen molar-refractivity contribution in [2.45, 2.75) is 45.6 Å². The van der Waals surface area contributed by atoms with E-state index in [1.54, 1.807) is 0 Å². The Bertz CT molecular complexity index is 364. The van der Waals surface area contributed by atoms with Gasteiger partial charge in [0.1, 0.15) is 0 Å². The van der Waals surface area contributed by atoms with Crippen LogP contribution < -0.4 is 5.32 Å². The summed E-state index contributed by atoms with van der Waals surface area (Å²) in [5, 5.41) is 12.9. The van der Waals surface area contributed by atoms with Crippen molar-refractivity contribution >= 4 is 0 Å². The second-order valence-corrected chi connectivity index (χ2v) is 6.29. The van der Waals surface area contributed by atoms with E-state index in [0.717, 1.165) is 25.8 Å². The first-order valence-corrected chi connectivity index (χ1v) is 7.60. The Morgan fingerprint density at radius 2 is 1.84 bits per heavy atom. The Morgan fingerprint density at radius 3 is 2.37 bits per heavy atom. The molecule has 0 aliphatic heterocycles. The van der Waals surface area contributed by atoms with E-state index in [1.165, 1.54) is 17.5 Å². The molecule has 2 heteroatoms. The van der Waals surface area contributed by atoms with E-state index in [4.69, 9.17) is 5.11 Å². The first-order valence-electron chi connectivity index (χ1n) is 7.60. The summed E-state index contributed by atoms with van der Waals surface area (Å²) in [5.74, 6) is 1.31. The summed E-state index contributed by atoms with van der Waals surface area (Å²) < 4.78 is 0. The number of hydrogen-bond acceptors (Lipinski definition) is 2. The molecule has 1 unspecified atom stereocenters. The second kappa shape index (κ2) is 7.06. The molecule has 0 amide bonds. The van der Waals surface area contributed by atoms with Crippen LogP contribution in [0.15, 0.2) is 24.3 Å². The van der Waals surface area contributed by atoms with Crippen LogP contribution in [0.1, 0.15) is 37.8 Å². The van der Waals surface area contributed by atoms with Gasteiger partial charge in [-0.1, -0.05) is 38.1 Å². The summed E-state index contributed by atoms with van der Waals surface area (Å²) >= 11 is 0. The highest BCUT2D eigenvalue weighted by Gasteiger charge is 2.21. The van der Waals surface area contributed by atoms with Crippen molar-refractivity contribution in [1.29, 1.82) is 0 Å². The van der Waals surface area contributed by atoms with Gasteiger partial charge in [-0.15, -0.1) is 0 Å². The van der Waals surface area contributed by atoms with Gasteiger partial charge < -0.3 is 10.4 Å². The number of hydrogen-bond donors (Lipinski definition) is 2. The predicted octanol–water partition coefficient (Wildman–Crippen LogP) is 2.79. The standard InChI is InChI=1S/C17H27NO/c1-13(2)9-14(7-8-19)12-18-17-10-15-5-3-4-6-16(15)11-17/h3-6,13-14,17-19H,7-12H2,1-2H3. The molecule has 1 aromatic rings. The van der Waals surface area contributed by atoms with Crippen molar-refractivity contribution < 1.29 is 5.11 Å². The molecule has 1 aliphatic carbocycles. The number of benzene rings is 1. The minimum atomic E-state index is 0.309. The summed E-state index contributed by atoms with van der Waals surface area (Å²) in [7, 11) is 0. The predicted molar refractivity (Wildman–Crippen MR) is 80.3 cm³/mol. The topological polar surface area (TPSA) is 32.3 Å². The van der Waals surface area contributed by atoms with Crippen LogP contribution in [-0.4, -0.2) is 24.3 Å². The van der Waals surface area contributed by atoms with Gasteiger partial charge in [0.15, 0.2) is 0 Å². The first kappa shape index (κ1) is 14.5. The Labute approximate surface area is 117 Å². The van der Waals surface area contributed by atoms with Gasteiger partial charge in [0, 0.05) is 12.6 Å². The molecule has 106 valence electrons. The second-order valence-electron chi connectivity index (χ2n) is 6.29. The molecule has 0 saturated carbocycles. The third-order valence-corrected chi connectivity index (χ3v) is 4.09. The van der Waals surface area contributed by atoms with Crippen molar-refractivity contribution in [1.82, 2.24) is 5.32 Å². The number of nitrogens with one attached hydrogen (secondary N) is 1. The van der Waals surface area contributed by atoms with Crippen molar-refractivity contribution in [3.8, 4) is 0 Å². The number of aliphatic hydroxyl groups excluding tert-OH is 1. The smallest absolute Gasteiger partial charge is 0.0434 e. The molecular formula is C17H27NO. The van der Waals surface area contributed by atoms with Crippen molar-refractivity contribution in [2.75, 3.05) is 13.2 Å². The average molecular weight is 261 g/mol. The lowest BCUT2D eigenvalue weighted by atomic mass is 9.94. The molecule has 19 heavy (non-hydrogen) atoms. The SMILES string of the molecule is CC(C)CC(CCO)CNC1Cc2ccccc2C1. The fraction of sp³-hybridized carbons (Fsp3) is 0.647. The minimum absolute atomic E-state index is 0.309. The molecule has 0 bridgehead atoms. The third-order valence-electron chi connectivity index (χ3n) is 4.09. The van der Waals surface area contributed by atoms with Crippen LogP contribution in [-0.2, 0) is 12.8 Å². The van der Waals surface area contributed by atoms with E-state index >= 15 is 0 Å². The molecule has 1 aromatic carbocycles. The van der Waals surface area contributed by atoms with Crippen LogP contribution in [0.4, 0.5) is 0 Å². The Hall–Kier alpha value is -0.860. The Balaban J connectivity index is 1.79. The van der Waals surface area contributed by atoms with Gasteiger partial charge in [0.05, 0.1) is 0 Å². The lowest BCUT2D eigenvalue weighted by molar-refractivity contribution is 0.236. The maximum atomic E-state index is 9.16. The van der Waals surface area contributed by atoms with Crippen LogP contribution in [0, 0.1) is 11.8 Å². The zero-order valence-electron chi connectivity index (χ0n) is 12.2. The molecule has 2 N–H and O–H groups in total. The Kier molecular flexibility index (Phi) is 5.41. The quantitative estimate of drug-likeness (QED) is 0.791. The maximum Gasteiger partial charge on any atom is 0.0434 e. The fourth-order valence-electron chi connectivity index (χ4n) is 3.19. The summed E-state index contributed by atoms with van der Waals surface area (Å²) in [4.78, 5) is 0. The molecule has 1 atom stereocenters. The van der Waals surface area contributed by atoms with Gasteiger partial charge in [-0.2, -0.15) is 0 Å². The molecule has 0 radical (unpaired) electrons. The molecule has 2 rings (SSSR count). The van der Waals surface area contributed by atoms with Crippen molar-refractivity contribution in [3.63, 3.8) is 0 Å². The highest BCUT2D eigenvalue weighted by molar-refractivity contribution is 5.33. The highest BCUT2D eigenvalue weighted by atomic mass is 16.3. The summed E-state index contributed by atoms with van der Waals surface area (Å²) in [6.45, 7) is 5.87. The lowest BCUT2D eigenvalue weighted by Crippen LogP contribution is -2.34. The van der Waals surface area contributed by atoms with Gasteiger partial charge >= 0.3 is 0 Å². The van der Waals surface area contributed by atoms with Gasteiger partial charge in [-0.05, 0) is 55.2 Å². The third kappa shape index (κ3) is 4.32. The lowest BCUT2D eigenvalue weighted by Gasteiger charge is -2.21. The van der Waals surface area contributed by atoms with Crippen LogP contribution in [0.3, 0.4) is 0 Å². The van der Waals surface area contributed by atoms with Gasteiger partial charge in [0.2, 0.25) is 0 Å². The zero-order valence-corrected chi connectivity index (χ0v) is 12.2. The van der Waals surface area contributed by atoms with E-state index in [0.29, 0.717) is 24.5 Å². The van der Waals surface area contributed by atoms with Gasteiger partial charge in [0.25, 0.3) is 0 Å². The van der Waals surface area contributed by atoms with Crippen LogP contribution in [0.25, 0.3) is 0 Å². The average Bonchev–Trinajstić information content (AvgIpc) is 2.78. The Morgan fingerprint density at radius 1 is 1.21 bits per heavy atom. The molecule has 0 fully saturated rings. The molecule has 2 nitrogen and oxygen atoms in total. The highest BCUT2D eigenvalue weighted by Crippen LogP contribution is 2.22. The van der Waals surface area contributed by atoms with E-state index in [9.17, 15) is 0 Å². The van der Waals surface area contributed by atoms with E-state index in [-0.39, 0.29) is 0 Å².